The summed E-state index contributed by atoms with van der Waals surface area (Å²) in [7, 11) is 0. The Labute approximate surface area is 139 Å². The maximum atomic E-state index is 12.1. The number of nitrogens with one attached hydrogen (secondary N) is 1. The molecule has 1 amide bonds. The Kier molecular flexibility index (Phi) is 4.74. The van der Waals surface area contributed by atoms with E-state index in [-0.39, 0.29) is 5.91 Å². The SMILES string of the molecule is O=C(NCc1ccc(Cn2ccnc2)cc1)c1cccc(Cl)c1. The molecule has 3 rings (SSSR count). The fraction of sp³-hybridized carbons (Fsp3) is 0.111. The van der Waals surface area contributed by atoms with Gasteiger partial charge in [0.25, 0.3) is 5.91 Å². The number of aromatic nitrogens is 2. The maximum Gasteiger partial charge on any atom is 0.251 e. The van der Waals surface area contributed by atoms with E-state index in [1.807, 2.05) is 22.9 Å². The monoisotopic (exact) mass is 325 g/mol. The van der Waals surface area contributed by atoms with Crippen molar-refractivity contribution in [1.29, 1.82) is 0 Å². The van der Waals surface area contributed by atoms with Gasteiger partial charge in [0.05, 0.1) is 6.33 Å². The van der Waals surface area contributed by atoms with E-state index in [4.69, 9.17) is 11.6 Å². The van der Waals surface area contributed by atoms with E-state index in [0.717, 1.165) is 12.1 Å². The van der Waals surface area contributed by atoms with Crippen LogP contribution in [0.2, 0.25) is 5.02 Å². The third kappa shape index (κ3) is 4.20. The van der Waals surface area contributed by atoms with Crippen LogP contribution in [0.1, 0.15) is 21.5 Å². The van der Waals surface area contributed by atoms with E-state index < -0.39 is 0 Å². The van der Waals surface area contributed by atoms with Crippen LogP contribution in [-0.2, 0) is 13.1 Å². The first-order valence-corrected chi connectivity index (χ1v) is 7.66. The standard InChI is InChI=1S/C18H16ClN3O/c19-17-3-1-2-16(10-17)18(23)21-11-14-4-6-15(7-5-14)12-22-9-8-20-13-22/h1-10,13H,11-12H2,(H,21,23). The van der Waals surface area contributed by atoms with E-state index >= 15 is 0 Å². The highest BCUT2D eigenvalue weighted by molar-refractivity contribution is 6.30. The summed E-state index contributed by atoms with van der Waals surface area (Å²) in [6, 6.07) is 15.1. The van der Waals surface area contributed by atoms with Crippen LogP contribution >= 0.6 is 11.6 Å². The lowest BCUT2D eigenvalue weighted by Gasteiger charge is -2.07. The smallest absolute Gasteiger partial charge is 0.251 e. The Bertz CT molecular complexity index is 782. The lowest BCUT2D eigenvalue weighted by Crippen LogP contribution is -2.22. The molecule has 0 atom stereocenters. The van der Waals surface area contributed by atoms with Crippen molar-refractivity contribution in [3.05, 3.63) is 89.0 Å². The number of amides is 1. The van der Waals surface area contributed by atoms with Crippen LogP contribution in [0.5, 0.6) is 0 Å². The number of carbonyl (C=O) groups is 1. The fourth-order valence-corrected chi connectivity index (χ4v) is 2.46. The van der Waals surface area contributed by atoms with E-state index in [2.05, 4.69) is 22.4 Å². The van der Waals surface area contributed by atoms with Gasteiger partial charge in [0, 0.05) is 36.1 Å². The fourth-order valence-electron chi connectivity index (χ4n) is 2.27. The number of carbonyl (C=O) groups excluding carboxylic acids is 1. The first-order chi connectivity index (χ1) is 11.2. The number of imidazole rings is 1. The first-order valence-electron chi connectivity index (χ1n) is 7.28. The molecule has 0 bridgehead atoms. The molecule has 0 spiro atoms. The summed E-state index contributed by atoms with van der Waals surface area (Å²) in [4.78, 5) is 16.1. The third-order valence-electron chi connectivity index (χ3n) is 3.49. The molecule has 0 saturated heterocycles. The summed E-state index contributed by atoms with van der Waals surface area (Å²) < 4.78 is 2.01. The van der Waals surface area contributed by atoms with E-state index in [1.165, 1.54) is 5.56 Å². The van der Waals surface area contributed by atoms with Gasteiger partial charge in [-0.15, -0.1) is 0 Å². The van der Waals surface area contributed by atoms with Gasteiger partial charge in [0.1, 0.15) is 0 Å². The average molecular weight is 326 g/mol. The second-order valence-electron chi connectivity index (χ2n) is 5.24. The van der Waals surface area contributed by atoms with Crippen molar-refractivity contribution in [2.24, 2.45) is 0 Å². The zero-order valence-corrected chi connectivity index (χ0v) is 13.2. The van der Waals surface area contributed by atoms with Gasteiger partial charge >= 0.3 is 0 Å². The Morgan fingerprint density at radius 1 is 1.13 bits per heavy atom. The third-order valence-corrected chi connectivity index (χ3v) is 3.72. The molecule has 116 valence electrons. The summed E-state index contributed by atoms with van der Waals surface area (Å²) >= 11 is 5.90. The first kappa shape index (κ1) is 15.3. The predicted octanol–water partition coefficient (Wildman–Crippen LogP) is 3.51. The summed E-state index contributed by atoms with van der Waals surface area (Å²) in [5.41, 5.74) is 2.80. The lowest BCUT2D eigenvalue weighted by molar-refractivity contribution is 0.0951. The van der Waals surface area contributed by atoms with E-state index in [1.54, 1.807) is 36.8 Å². The zero-order valence-electron chi connectivity index (χ0n) is 12.4. The van der Waals surface area contributed by atoms with Gasteiger partial charge in [-0.2, -0.15) is 0 Å². The van der Waals surface area contributed by atoms with E-state index in [0.29, 0.717) is 17.1 Å². The van der Waals surface area contributed by atoms with Crippen LogP contribution in [0.25, 0.3) is 0 Å². The topological polar surface area (TPSA) is 46.9 Å². The van der Waals surface area contributed by atoms with Crippen molar-refractivity contribution in [2.75, 3.05) is 0 Å². The molecular weight excluding hydrogens is 310 g/mol. The Morgan fingerprint density at radius 3 is 2.61 bits per heavy atom. The quantitative estimate of drug-likeness (QED) is 0.780. The van der Waals surface area contributed by atoms with Crippen LogP contribution in [-0.4, -0.2) is 15.5 Å². The number of rotatable bonds is 5. The van der Waals surface area contributed by atoms with E-state index in [9.17, 15) is 4.79 Å². The van der Waals surface area contributed by atoms with Crippen LogP contribution in [0, 0.1) is 0 Å². The van der Waals surface area contributed by atoms with Crippen molar-refractivity contribution in [2.45, 2.75) is 13.1 Å². The molecule has 0 fully saturated rings. The second kappa shape index (κ2) is 7.11. The van der Waals surface area contributed by atoms with Gasteiger partial charge in [0.15, 0.2) is 0 Å². The van der Waals surface area contributed by atoms with Gasteiger partial charge in [-0.25, -0.2) is 4.98 Å². The molecule has 5 heteroatoms. The predicted molar refractivity (Wildman–Crippen MR) is 90.4 cm³/mol. The molecule has 2 aromatic carbocycles. The van der Waals surface area contributed by atoms with Gasteiger partial charge in [-0.1, -0.05) is 41.9 Å². The Morgan fingerprint density at radius 2 is 1.91 bits per heavy atom. The lowest BCUT2D eigenvalue weighted by atomic mass is 10.1. The highest BCUT2D eigenvalue weighted by Crippen LogP contribution is 2.11. The molecule has 0 saturated carbocycles. The second-order valence-corrected chi connectivity index (χ2v) is 5.68. The highest BCUT2D eigenvalue weighted by Gasteiger charge is 2.05. The Balaban J connectivity index is 1.57. The summed E-state index contributed by atoms with van der Waals surface area (Å²) in [6.45, 7) is 1.27. The molecule has 4 nitrogen and oxygen atoms in total. The van der Waals surface area contributed by atoms with Crippen LogP contribution in [0.3, 0.4) is 0 Å². The molecule has 0 aliphatic carbocycles. The maximum absolute atomic E-state index is 12.1. The Hall–Kier alpha value is -2.59. The molecule has 0 unspecified atom stereocenters. The van der Waals surface area contributed by atoms with Gasteiger partial charge in [0.2, 0.25) is 0 Å². The molecule has 0 aliphatic heterocycles. The van der Waals surface area contributed by atoms with Crippen LogP contribution in [0.4, 0.5) is 0 Å². The van der Waals surface area contributed by atoms with Gasteiger partial charge in [-0.3, -0.25) is 4.79 Å². The van der Waals surface area contributed by atoms with Crippen molar-refractivity contribution < 1.29 is 4.79 Å². The molecule has 0 aliphatic rings. The molecule has 1 N–H and O–H groups in total. The van der Waals surface area contributed by atoms with Crippen molar-refractivity contribution >= 4 is 17.5 Å². The van der Waals surface area contributed by atoms with Crippen molar-refractivity contribution in [3.63, 3.8) is 0 Å². The zero-order chi connectivity index (χ0) is 16.1. The van der Waals surface area contributed by atoms with Crippen LogP contribution in [0.15, 0.2) is 67.3 Å². The summed E-state index contributed by atoms with van der Waals surface area (Å²) in [5.74, 6) is -0.130. The number of hydrogen-bond acceptors (Lipinski definition) is 2. The minimum atomic E-state index is -0.130. The average Bonchev–Trinajstić information content (AvgIpc) is 3.07. The largest absolute Gasteiger partial charge is 0.348 e. The van der Waals surface area contributed by atoms with Crippen molar-refractivity contribution in [1.82, 2.24) is 14.9 Å². The molecule has 1 heterocycles. The summed E-state index contributed by atoms with van der Waals surface area (Å²) in [6.07, 6.45) is 5.48. The molecule has 0 radical (unpaired) electrons. The minimum absolute atomic E-state index is 0.130. The molecule has 3 aromatic rings. The minimum Gasteiger partial charge on any atom is -0.348 e. The molecule has 23 heavy (non-hydrogen) atoms. The summed E-state index contributed by atoms with van der Waals surface area (Å²) in [5, 5.41) is 3.45. The number of hydrogen-bond donors (Lipinski definition) is 1. The normalized spacial score (nSPS) is 10.5. The van der Waals surface area contributed by atoms with Crippen molar-refractivity contribution in [3.8, 4) is 0 Å². The van der Waals surface area contributed by atoms with Crippen LogP contribution < -0.4 is 5.32 Å². The number of nitrogens with zero attached hydrogens (tertiary/aromatic N) is 2. The van der Waals surface area contributed by atoms with Gasteiger partial charge < -0.3 is 9.88 Å². The highest BCUT2D eigenvalue weighted by atomic mass is 35.5. The van der Waals surface area contributed by atoms with Gasteiger partial charge in [-0.05, 0) is 29.3 Å². The number of halogens is 1. The number of benzene rings is 2. The molecule has 1 aromatic heterocycles. The molecular formula is C18H16ClN3O.